The van der Waals surface area contributed by atoms with Crippen molar-refractivity contribution < 1.29 is 19.2 Å². The summed E-state index contributed by atoms with van der Waals surface area (Å²) in [5.41, 5.74) is 27.0. The standard InChI is InChI=1S/C35H44N8O4/c1-22(26-8-4-3-5-9-26)27-15-11-24(12-16-27)21-31(41-23(2)44)34(47)42-29(10-6-7-19-40-35(38)39)33(46)43-30(32(37)45)20-25-13-17-28(36)18-14-25/h3-5,8-9,11-18,29-31H,1,6-7,10,19-21,36H2,2H3,(H2,37,45)(H,41,44)(H,42,47)(H,43,46)(H4,38,39,40). The fourth-order valence-electron chi connectivity index (χ4n) is 4.93. The summed E-state index contributed by atoms with van der Waals surface area (Å²) in [6, 6.07) is 21.1. The highest BCUT2D eigenvalue weighted by Gasteiger charge is 2.29. The van der Waals surface area contributed by atoms with Crippen LogP contribution in [0.1, 0.15) is 48.4 Å². The number of nitrogens with two attached hydrogens (primary N) is 4. The van der Waals surface area contributed by atoms with Gasteiger partial charge in [-0.1, -0.05) is 73.3 Å². The molecule has 0 saturated heterocycles. The second-order valence-corrected chi connectivity index (χ2v) is 11.3. The smallest absolute Gasteiger partial charge is 0.243 e. The zero-order valence-electron chi connectivity index (χ0n) is 26.6. The van der Waals surface area contributed by atoms with Gasteiger partial charge in [-0.2, -0.15) is 0 Å². The molecule has 11 N–H and O–H groups in total. The van der Waals surface area contributed by atoms with Gasteiger partial charge in [0.15, 0.2) is 5.96 Å². The average Bonchev–Trinajstić information content (AvgIpc) is 3.04. The molecule has 248 valence electrons. The lowest BCUT2D eigenvalue weighted by molar-refractivity contribution is -0.133. The number of hydrogen-bond donors (Lipinski definition) is 7. The topological polar surface area (TPSA) is 221 Å². The number of amides is 4. The van der Waals surface area contributed by atoms with Crippen LogP contribution in [0.25, 0.3) is 5.57 Å². The molecule has 0 aliphatic carbocycles. The maximum absolute atomic E-state index is 13.6. The molecular formula is C35H44N8O4. The SMILES string of the molecule is C=C(c1ccccc1)c1ccc(CC(NC(C)=O)C(=O)NC(CCCCN=C(N)N)C(=O)NC(Cc2ccc(N)cc2)C(N)=O)cc1. The molecule has 0 radical (unpaired) electrons. The lowest BCUT2D eigenvalue weighted by Gasteiger charge is -2.25. The number of guanidine groups is 1. The van der Waals surface area contributed by atoms with E-state index in [-0.39, 0.29) is 25.2 Å². The van der Waals surface area contributed by atoms with E-state index in [2.05, 4.69) is 27.5 Å². The number of hydrogen-bond acceptors (Lipinski definition) is 6. The van der Waals surface area contributed by atoms with E-state index in [0.29, 0.717) is 25.1 Å². The summed E-state index contributed by atoms with van der Waals surface area (Å²) >= 11 is 0. The van der Waals surface area contributed by atoms with Crippen molar-refractivity contribution in [3.05, 3.63) is 108 Å². The van der Waals surface area contributed by atoms with Crippen molar-refractivity contribution in [1.29, 1.82) is 0 Å². The zero-order chi connectivity index (χ0) is 34.3. The summed E-state index contributed by atoms with van der Waals surface area (Å²) in [6.45, 7) is 5.85. The number of nitrogens with zero attached hydrogens (tertiary/aromatic N) is 1. The number of nitrogen functional groups attached to an aromatic ring is 1. The Bertz CT molecular complexity index is 1550. The summed E-state index contributed by atoms with van der Waals surface area (Å²) in [5, 5.41) is 8.15. The Labute approximate surface area is 275 Å². The first-order valence-electron chi connectivity index (χ1n) is 15.3. The van der Waals surface area contributed by atoms with E-state index in [1.54, 1.807) is 24.3 Å². The molecule has 0 bridgehead atoms. The van der Waals surface area contributed by atoms with Crippen molar-refractivity contribution in [2.45, 2.75) is 57.2 Å². The number of nitrogens with one attached hydrogen (secondary N) is 3. The maximum Gasteiger partial charge on any atom is 0.243 e. The van der Waals surface area contributed by atoms with Gasteiger partial charge in [0.25, 0.3) is 0 Å². The van der Waals surface area contributed by atoms with Gasteiger partial charge in [-0.15, -0.1) is 0 Å². The maximum atomic E-state index is 13.6. The first kappa shape index (κ1) is 35.8. The second-order valence-electron chi connectivity index (χ2n) is 11.3. The molecular weight excluding hydrogens is 596 g/mol. The van der Waals surface area contributed by atoms with Crippen molar-refractivity contribution in [1.82, 2.24) is 16.0 Å². The predicted octanol–water partition coefficient (Wildman–Crippen LogP) is 1.52. The molecule has 0 aliphatic rings. The van der Waals surface area contributed by atoms with E-state index in [4.69, 9.17) is 22.9 Å². The fraction of sp³-hybridized carbons (Fsp3) is 0.286. The zero-order valence-corrected chi connectivity index (χ0v) is 26.6. The lowest BCUT2D eigenvalue weighted by Crippen LogP contribution is -2.57. The van der Waals surface area contributed by atoms with E-state index in [1.165, 1.54) is 6.92 Å². The van der Waals surface area contributed by atoms with Gasteiger partial charge in [0.2, 0.25) is 23.6 Å². The normalized spacial score (nSPS) is 12.5. The van der Waals surface area contributed by atoms with Crippen molar-refractivity contribution in [2.75, 3.05) is 12.3 Å². The van der Waals surface area contributed by atoms with Crippen LogP contribution >= 0.6 is 0 Å². The van der Waals surface area contributed by atoms with E-state index in [9.17, 15) is 19.2 Å². The third kappa shape index (κ3) is 12.0. The van der Waals surface area contributed by atoms with Crippen molar-refractivity contribution in [3.63, 3.8) is 0 Å². The Morgan fingerprint density at radius 1 is 0.702 bits per heavy atom. The summed E-state index contributed by atoms with van der Waals surface area (Å²) in [6.07, 6.45) is 1.54. The molecule has 3 aromatic carbocycles. The highest BCUT2D eigenvalue weighted by atomic mass is 16.2. The van der Waals surface area contributed by atoms with Crippen LogP contribution in [-0.2, 0) is 32.0 Å². The molecule has 0 fully saturated rings. The number of unbranched alkanes of at least 4 members (excludes halogenated alkanes) is 1. The first-order valence-corrected chi connectivity index (χ1v) is 15.3. The minimum Gasteiger partial charge on any atom is -0.399 e. The minimum atomic E-state index is -1.04. The molecule has 0 spiro atoms. The van der Waals surface area contributed by atoms with Gasteiger partial charge in [0.1, 0.15) is 18.1 Å². The molecule has 0 aromatic heterocycles. The fourth-order valence-corrected chi connectivity index (χ4v) is 4.93. The third-order valence-corrected chi connectivity index (χ3v) is 7.47. The molecule has 3 rings (SSSR count). The number of anilines is 1. The number of primary amides is 1. The highest BCUT2D eigenvalue weighted by molar-refractivity contribution is 5.94. The van der Waals surface area contributed by atoms with Crippen LogP contribution in [0.4, 0.5) is 5.69 Å². The van der Waals surface area contributed by atoms with Crippen LogP contribution in [0, 0.1) is 0 Å². The summed E-state index contributed by atoms with van der Waals surface area (Å²) in [5.74, 6) is -2.34. The molecule has 3 atom stereocenters. The second kappa shape index (κ2) is 17.7. The van der Waals surface area contributed by atoms with Gasteiger partial charge in [0, 0.05) is 32.0 Å². The van der Waals surface area contributed by atoms with Crippen molar-refractivity contribution in [3.8, 4) is 0 Å². The third-order valence-electron chi connectivity index (χ3n) is 7.47. The molecule has 12 nitrogen and oxygen atoms in total. The van der Waals surface area contributed by atoms with Crippen LogP contribution in [0.5, 0.6) is 0 Å². The minimum absolute atomic E-state index is 0.0462. The van der Waals surface area contributed by atoms with Gasteiger partial charge in [-0.05, 0) is 59.2 Å². The molecule has 0 aliphatic heterocycles. The van der Waals surface area contributed by atoms with Gasteiger partial charge >= 0.3 is 0 Å². The Morgan fingerprint density at radius 3 is 1.81 bits per heavy atom. The number of carbonyl (C=O) groups is 4. The Balaban J connectivity index is 1.75. The average molecular weight is 641 g/mol. The molecule has 0 saturated carbocycles. The quantitative estimate of drug-likeness (QED) is 0.0498. The monoisotopic (exact) mass is 640 g/mol. The summed E-state index contributed by atoms with van der Waals surface area (Å²) < 4.78 is 0. The van der Waals surface area contributed by atoms with Crippen molar-refractivity contribution >= 4 is 40.8 Å². The van der Waals surface area contributed by atoms with E-state index < -0.39 is 41.8 Å². The highest BCUT2D eigenvalue weighted by Crippen LogP contribution is 2.22. The van der Waals surface area contributed by atoms with E-state index >= 15 is 0 Å². The van der Waals surface area contributed by atoms with Gasteiger partial charge in [-0.25, -0.2) is 0 Å². The van der Waals surface area contributed by atoms with Crippen LogP contribution in [0.3, 0.4) is 0 Å². The van der Waals surface area contributed by atoms with Crippen molar-refractivity contribution in [2.24, 2.45) is 22.2 Å². The van der Waals surface area contributed by atoms with E-state index in [0.717, 1.165) is 27.8 Å². The Kier molecular flexibility index (Phi) is 13.5. The van der Waals surface area contributed by atoms with Gasteiger partial charge in [-0.3, -0.25) is 24.2 Å². The molecule has 47 heavy (non-hydrogen) atoms. The number of benzene rings is 3. The van der Waals surface area contributed by atoms with Crippen LogP contribution in [0.2, 0.25) is 0 Å². The summed E-state index contributed by atoms with van der Waals surface area (Å²) in [7, 11) is 0. The molecule has 3 aromatic rings. The first-order chi connectivity index (χ1) is 22.4. The lowest BCUT2D eigenvalue weighted by atomic mass is 9.97. The van der Waals surface area contributed by atoms with Crippen LogP contribution in [-0.4, -0.2) is 54.3 Å². The Morgan fingerprint density at radius 2 is 1.23 bits per heavy atom. The predicted molar refractivity (Wildman–Crippen MR) is 184 cm³/mol. The molecule has 0 heterocycles. The van der Waals surface area contributed by atoms with Crippen LogP contribution < -0.4 is 38.9 Å². The summed E-state index contributed by atoms with van der Waals surface area (Å²) in [4.78, 5) is 55.5. The number of aliphatic imine (C=N–C) groups is 1. The van der Waals surface area contributed by atoms with Gasteiger partial charge < -0.3 is 38.9 Å². The number of carbonyl (C=O) groups excluding carboxylic acids is 4. The molecule has 4 amide bonds. The largest absolute Gasteiger partial charge is 0.399 e. The molecule has 3 unspecified atom stereocenters. The Hall–Kier alpha value is -5.65. The van der Waals surface area contributed by atoms with Crippen LogP contribution in [0.15, 0.2) is 90.4 Å². The molecule has 12 heteroatoms. The van der Waals surface area contributed by atoms with E-state index in [1.807, 2.05) is 54.6 Å². The number of rotatable bonds is 17. The van der Waals surface area contributed by atoms with Gasteiger partial charge in [0.05, 0.1) is 0 Å².